The van der Waals surface area contributed by atoms with Crippen LogP contribution in [0.25, 0.3) is 0 Å². The average molecular weight is 306 g/mol. The van der Waals surface area contributed by atoms with Gasteiger partial charge >= 0.3 is 0 Å². The Balaban J connectivity index is 3.55. The van der Waals surface area contributed by atoms with Crippen LogP contribution >= 0.6 is 15.9 Å². The molecule has 7 heteroatoms. The minimum Gasteiger partial charge on any atom is -0.258 e. The van der Waals surface area contributed by atoms with Crippen LogP contribution in [-0.4, -0.2) is 13.3 Å². The Morgan fingerprint density at radius 3 is 2.50 bits per heavy atom. The lowest BCUT2D eigenvalue weighted by molar-refractivity contribution is -0.385. The summed E-state index contributed by atoms with van der Waals surface area (Å²) in [6.45, 7) is 4.67. The number of aryl methyl sites for hydroxylation is 1. The van der Waals surface area contributed by atoms with Crippen LogP contribution in [0.2, 0.25) is 0 Å². The lowest BCUT2D eigenvalue weighted by Gasteiger charge is -2.04. The van der Waals surface area contributed by atoms with Gasteiger partial charge in [-0.05, 0) is 28.9 Å². The molecule has 16 heavy (non-hydrogen) atoms. The summed E-state index contributed by atoms with van der Waals surface area (Å²) in [5.41, 5.74) is 0.156. The Labute approximate surface area is 101 Å². The normalized spacial score (nSPS) is 11.1. The van der Waals surface area contributed by atoms with E-state index in [4.69, 9.17) is 0 Å². The molecule has 0 radical (unpaired) electrons. The fourth-order valence-corrected chi connectivity index (χ4v) is 3.01. The van der Waals surface area contributed by atoms with E-state index >= 15 is 0 Å². The van der Waals surface area contributed by atoms with Gasteiger partial charge in [0.1, 0.15) is 0 Å². The zero-order chi connectivity index (χ0) is 12.5. The Kier molecular flexibility index (Phi) is 3.49. The number of rotatable bonds is 3. The molecule has 86 valence electrons. The number of nitro groups is 1. The van der Waals surface area contributed by atoms with Crippen LogP contribution in [0.15, 0.2) is 33.5 Å². The first kappa shape index (κ1) is 12.9. The third-order valence-corrected chi connectivity index (χ3v) is 4.28. The van der Waals surface area contributed by atoms with E-state index in [1.807, 2.05) is 0 Å². The molecule has 0 aromatic heterocycles. The molecule has 0 aliphatic carbocycles. The van der Waals surface area contributed by atoms with E-state index in [0.717, 1.165) is 5.41 Å². The van der Waals surface area contributed by atoms with E-state index in [0.29, 0.717) is 0 Å². The minimum absolute atomic E-state index is 0.0226. The average Bonchev–Trinajstić information content (AvgIpc) is 2.20. The van der Waals surface area contributed by atoms with E-state index in [2.05, 4.69) is 22.5 Å². The number of benzene rings is 1. The summed E-state index contributed by atoms with van der Waals surface area (Å²) in [6, 6.07) is 2.42. The summed E-state index contributed by atoms with van der Waals surface area (Å²) < 4.78 is 23.2. The molecular weight excluding hydrogens is 298 g/mol. The molecule has 1 aromatic rings. The van der Waals surface area contributed by atoms with Gasteiger partial charge in [0, 0.05) is 21.5 Å². The Hall–Kier alpha value is -1.21. The van der Waals surface area contributed by atoms with E-state index in [1.54, 1.807) is 0 Å². The van der Waals surface area contributed by atoms with Crippen LogP contribution in [0.5, 0.6) is 0 Å². The quantitative estimate of drug-likeness (QED) is 0.635. The predicted octanol–water partition coefficient (Wildman–Crippen LogP) is 2.58. The van der Waals surface area contributed by atoms with Crippen LogP contribution in [0.3, 0.4) is 0 Å². The zero-order valence-corrected chi connectivity index (χ0v) is 10.7. The number of nitro benzene ring substituents is 1. The highest BCUT2D eigenvalue weighted by molar-refractivity contribution is 9.10. The van der Waals surface area contributed by atoms with Crippen LogP contribution < -0.4 is 0 Å². The standard InChI is InChI=1S/C9H8BrNO4S/c1-3-16(14,15)9-4-6(2)8(11(12)13)5-7(9)10/h3-5H,1H2,2H3. The van der Waals surface area contributed by atoms with Gasteiger partial charge in [-0.1, -0.05) is 6.58 Å². The Morgan fingerprint density at radius 1 is 1.50 bits per heavy atom. The summed E-state index contributed by atoms with van der Waals surface area (Å²) in [5.74, 6) is 0. The molecular formula is C9H8BrNO4S. The molecule has 1 aromatic carbocycles. The maximum Gasteiger partial charge on any atom is 0.273 e. The molecule has 0 atom stereocenters. The van der Waals surface area contributed by atoms with Crippen LogP contribution in [-0.2, 0) is 9.84 Å². The van der Waals surface area contributed by atoms with Gasteiger partial charge in [0.05, 0.1) is 9.82 Å². The van der Waals surface area contributed by atoms with Gasteiger partial charge in [0.15, 0.2) is 9.84 Å². The van der Waals surface area contributed by atoms with Crippen molar-refractivity contribution in [3.05, 3.63) is 44.3 Å². The van der Waals surface area contributed by atoms with Crippen molar-refractivity contribution in [3.8, 4) is 0 Å². The first-order chi connectivity index (χ1) is 7.29. The van der Waals surface area contributed by atoms with Crippen molar-refractivity contribution < 1.29 is 13.3 Å². The molecule has 0 fully saturated rings. The molecule has 0 N–H and O–H groups in total. The van der Waals surface area contributed by atoms with Gasteiger partial charge in [-0.3, -0.25) is 10.1 Å². The second-order valence-electron chi connectivity index (χ2n) is 3.04. The molecule has 0 aliphatic rings. The molecule has 0 amide bonds. The van der Waals surface area contributed by atoms with Gasteiger partial charge in [-0.25, -0.2) is 8.42 Å². The van der Waals surface area contributed by atoms with Crippen LogP contribution in [0, 0.1) is 17.0 Å². The summed E-state index contributed by atoms with van der Waals surface area (Å²) >= 11 is 2.99. The minimum atomic E-state index is -3.60. The summed E-state index contributed by atoms with van der Waals surface area (Å²) in [5, 5.41) is 11.4. The lowest BCUT2D eigenvalue weighted by atomic mass is 10.2. The molecule has 1 rings (SSSR count). The van der Waals surface area contributed by atoms with E-state index in [-0.39, 0.29) is 20.6 Å². The third kappa shape index (κ3) is 2.30. The number of sulfone groups is 1. The van der Waals surface area contributed by atoms with Gasteiger partial charge in [0.2, 0.25) is 0 Å². The summed E-state index contributed by atoms with van der Waals surface area (Å²) in [6.07, 6.45) is 0. The second kappa shape index (κ2) is 4.34. The molecule has 0 bridgehead atoms. The topological polar surface area (TPSA) is 77.3 Å². The van der Waals surface area contributed by atoms with Crippen LogP contribution in [0.4, 0.5) is 5.69 Å². The summed E-state index contributed by atoms with van der Waals surface area (Å²) in [7, 11) is -3.60. The maximum atomic E-state index is 11.5. The van der Waals surface area contributed by atoms with Crippen molar-refractivity contribution >= 4 is 31.5 Å². The fourth-order valence-electron chi connectivity index (χ4n) is 1.15. The van der Waals surface area contributed by atoms with Crippen molar-refractivity contribution in [2.24, 2.45) is 0 Å². The van der Waals surface area contributed by atoms with Crippen molar-refractivity contribution in [2.75, 3.05) is 0 Å². The highest BCUT2D eigenvalue weighted by atomic mass is 79.9. The SMILES string of the molecule is C=CS(=O)(=O)c1cc(C)c([N+](=O)[O-])cc1Br. The number of hydrogen-bond donors (Lipinski definition) is 0. The zero-order valence-electron chi connectivity index (χ0n) is 8.31. The van der Waals surface area contributed by atoms with Gasteiger partial charge < -0.3 is 0 Å². The van der Waals surface area contributed by atoms with E-state index in [1.165, 1.54) is 19.1 Å². The second-order valence-corrected chi connectivity index (χ2v) is 5.76. The molecule has 0 aliphatic heterocycles. The third-order valence-electron chi connectivity index (χ3n) is 1.97. The smallest absolute Gasteiger partial charge is 0.258 e. The molecule has 5 nitrogen and oxygen atoms in total. The van der Waals surface area contributed by atoms with Crippen molar-refractivity contribution in [1.82, 2.24) is 0 Å². The molecule has 0 heterocycles. The van der Waals surface area contributed by atoms with Gasteiger partial charge in [0.25, 0.3) is 5.69 Å². The number of hydrogen-bond acceptors (Lipinski definition) is 4. The van der Waals surface area contributed by atoms with Crippen LogP contribution in [0.1, 0.15) is 5.56 Å². The van der Waals surface area contributed by atoms with E-state index in [9.17, 15) is 18.5 Å². The Bertz CT molecular complexity index is 565. The predicted molar refractivity (Wildman–Crippen MR) is 62.9 cm³/mol. The number of nitrogens with zero attached hydrogens (tertiary/aromatic N) is 1. The lowest BCUT2D eigenvalue weighted by Crippen LogP contribution is -2.00. The first-order valence-corrected chi connectivity index (χ1v) is 6.45. The van der Waals surface area contributed by atoms with Crippen molar-refractivity contribution in [3.63, 3.8) is 0 Å². The number of halogens is 1. The highest BCUT2D eigenvalue weighted by Crippen LogP contribution is 2.30. The Morgan fingerprint density at radius 2 is 2.06 bits per heavy atom. The van der Waals surface area contributed by atoms with E-state index < -0.39 is 14.8 Å². The monoisotopic (exact) mass is 305 g/mol. The largest absolute Gasteiger partial charge is 0.273 e. The molecule has 0 saturated heterocycles. The summed E-state index contributed by atoms with van der Waals surface area (Å²) in [4.78, 5) is 10.0. The van der Waals surface area contributed by atoms with Crippen molar-refractivity contribution in [1.29, 1.82) is 0 Å². The van der Waals surface area contributed by atoms with Gasteiger partial charge in [-0.2, -0.15) is 0 Å². The fraction of sp³-hybridized carbons (Fsp3) is 0.111. The molecule has 0 spiro atoms. The van der Waals surface area contributed by atoms with Crippen molar-refractivity contribution in [2.45, 2.75) is 11.8 Å². The molecule has 0 saturated carbocycles. The molecule has 0 unspecified atom stereocenters. The van der Waals surface area contributed by atoms with Gasteiger partial charge in [-0.15, -0.1) is 0 Å². The highest BCUT2D eigenvalue weighted by Gasteiger charge is 2.20. The maximum absolute atomic E-state index is 11.5. The first-order valence-electron chi connectivity index (χ1n) is 4.11.